The maximum absolute atomic E-state index is 14.0. The number of nitro groups is 1. The van der Waals surface area contributed by atoms with E-state index in [-0.39, 0.29) is 34.3 Å². The number of hydrogen-bond acceptors (Lipinski definition) is 6. The molecule has 3 aliphatic heterocycles. The molecule has 2 aromatic heterocycles. The van der Waals surface area contributed by atoms with Crippen molar-refractivity contribution < 1.29 is 14.5 Å². The van der Waals surface area contributed by atoms with Crippen molar-refractivity contribution in [3.8, 4) is 11.3 Å². The van der Waals surface area contributed by atoms with Crippen LogP contribution in [0.1, 0.15) is 79.5 Å². The fraction of sp³-hybridized carbons (Fsp3) is 0.474. The molecule has 1 atom stereocenters. The van der Waals surface area contributed by atoms with Crippen LogP contribution in [0.3, 0.4) is 0 Å². The van der Waals surface area contributed by atoms with Gasteiger partial charge in [-0.2, -0.15) is 0 Å². The SMILES string of the molecule is Cc1cc(C)cc(-c2[nH]c3sc(C(C)(C)C(=O)N4C5CCC4CC5)cc3c2[C@H](C)CNC(=O)C2CN(Cc3cccc([N+](=O)[O-])c3)C2)c1. The highest BCUT2D eigenvalue weighted by atomic mass is 32.1. The van der Waals surface area contributed by atoms with Crippen LogP contribution in [0.5, 0.6) is 0 Å². The quantitative estimate of drug-likeness (QED) is 0.137. The van der Waals surface area contributed by atoms with Crippen LogP contribution in [0.25, 0.3) is 21.5 Å². The van der Waals surface area contributed by atoms with Crippen molar-refractivity contribution in [1.82, 2.24) is 20.1 Å². The van der Waals surface area contributed by atoms with Crippen LogP contribution in [0.15, 0.2) is 48.5 Å². The molecule has 0 unspecified atom stereocenters. The van der Waals surface area contributed by atoms with Gasteiger partial charge in [0.25, 0.3) is 5.69 Å². The number of aryl methyl sites for hydroxylation is 2. The third-order valence-electron chi connectivity index (χ3n) is 10.8. The number of benzene rings is 2. The topological polar surface area (TPSA) is 112 Å². The van der Waals surface area contributed by atoms with Crippen molar-refractivity contribution in [2.24, 2.45) is 5.92 Å². The fourth-order valence-corrected chi connectivity index (χ4v) is 9.40. The lowest BCUT2D eigenvalue weighted by Crippen LogP contribution is -2.53. The maximum atomic E-state index is 14.0. The summed E-state index contributed by atoms with van der Waals surface area (Å²) in [6.45, 7) is 12.9. The zero-order valence-corrected chi connectivity index (χ0v) is 29.3. The highest BCUT2D eigenvalue weighted by molar-refractivity contribution is 7.19. The molecule has 2 amide bonds. The van der Waals surface area contributed by atoms with E-state index < -0.39 is 5.41 Å². The fourth-order valence-electron chi connectivity index (χ4n) is 8.23. The molecule has 252 valence electrons. The van der Waals surface area contributed by atoms with E-state index in [4.69, 9.17) is 0 Å². The smallest absolute Gasteiger partial charge is 0.269 e. The highest BCUT2D eigenvalue weighted by Crippen LogP contribution is 2.46. The Kier molecular flexibility index (Phi) is 8.44. The number of nitro benzene ring substituents is 1. The number of amides is 2. The van der Waals surface area contributed by atoms with E-state index in [1.807, 2.05) is 6.07 Å². The molecule has 9 nitrogen and oxygen atoms in total. The lowest BCUT2D eigenvalue weighted by molar-refractivity contribution is -0.384. The number of nitrogens with zero attached hydrogens (tertiary/aromatic N) is 3. The molecule has 5 heterocycles. The third-order valence-corrected chi connectivity index (χ3v) is 12.2. The predicted octanol–water partition coefficient (Wildman–Crippen LogP) is 7.20. The largest absolute Gasteiger partial charge is 0.355 e. The summed E-state index contributed by atoms with van der Waals surface area (Å²) in [5.41, 5.74) is 6.11. The molecule has 4 aromatic rings. The van der Waals surface area contributed by atoms with E-state index in [0.29, 0.717) is 38.3 Å². The average Bonchev–Trinajstić information content (AvgIpc) is 3.81. The molecular formula is C38H45N5O4S. The Hall–Kier alpha value is -4.02. The van der Waals surface area contributed by atoms with Crippen molar-refractivity contribution >= 4 is 39.1 Å². The number of carbonyl (C=O) groups is 2. The lowest BCUT2D eigenvalue weighted by Gasteiger charge is -2.38. The first-order valence-corrected chi connectivity index (χ1v) is 18.0. The van der Waals surface area contributed by atoms with Crippen LogP contribution in [0.2, 0.25) is 0 Å². The number of carbonyl (C=O) groups excluding carboxylic acids is 2. The number of H-pyrrole nitrogens is 1. The summed E-state index contributed by atoms with van der Waals surface area (Å²) in [6.07, 6.45) is 4.50. The number of nitrogens with one attached hydrogen (secondary N) is 2. The van der Waals surface area contributed by atoms with Crippen LogP contribution in [0, 0.1) is 29.9 Å². The Bertz CT molecular complexity index is 1860. The molecule has 3 aliphatic rings. The van der Waals surface area contributed by atoms with Crippen LogP contribution in [0.4, 0.5) is 5.69 Å². The molecule has 2 N–H and O–H groups in total. The number of non-ortho nitro benzene ring substituents is 1. The second kappa shape index (κ2) is 12.5. The molecule has 0 radical (unpaired) electrons. The van der Waals surface area contributed by atoms with Gasteiger partial charge in [-0.3, -0.25) is 24.6 Å². The Balaban J connectivity index is 1.09. The van der Waals surface area contributed by atoms with Gasteiger partial charge in [0.15, 0.2) is 0 Å². The Morgan fingerprint density at radius 1 is 1.04 bits per heavy atom. The van der Waals surface area contributed by atoms with E-state index in [9.17, 15) is 19.7 Å². The van der Waals surface area contributed by atoms with Crippen LogP contribution in [-0.4, -0.2) is 63.2 Å². The van der Waals surface area contributed by atoms with E-state index in [0.717, 1.165) is 57.6 Å². The number of aromatic amines is 1. The van der Waals surface area contributed by atoms with E-state index in [1.165, 1.54) is 22.8 Å². The minimum Gasteiger partial charge on any atom is -0.355 e. The number of fused-ring (bicyclic) bond motifs is 3. The Morgan fingerprint density at radius 2 is 1.71 bits per heavy atom. The summed E-state index contributed by atoms with van der Waals surface area (Å²) < 4.78 is 0. The van der Waals surface area contributed by atoms with Gasteiger partial charge in [0, 0.05) is 66.6 Å². The van der Waals surface area contributed by atoms with Gasteiger partial charge in [0.2, 0.25) is 11.8 Å². The van der Waals surface area contributed by atoms with E-state index >= 15 is 0 Å². The summed E-state index contributed by atoms with van der Waals surface area (Å²) >= 11 is 1.68. The van der Waals surface area contributed by atoms with Gasteiger partial charge in [0.05, 0.1) is 22.0 Å². The van der Waals surface area contributed by atoms with Crippen molar-refractivity contribution in [3.63, 3.8) is 0 Å². The van der Waals surface area contributed by atoms with Crippen molar-refractivity contribution in [2.75, 3.05) is 19.6 Å². The lowest BCUT2D eigenvalue weighted by atomic mass is 9.88. The minimum absolute atomic E-state index is 0.0234. The maximum Gasteiger partial charge on any atom is 0.269 e. The number of thiophene rings is 1. The zero-order valence-electron chi connectivity index (χ0n) is 28.5. The van der Waals surface area contributed by atoms with Gasteiger partial charge in [-0.15, -0.1) is 11.3 Å². The van der Waals surface area contributed by atoms with Crippen molar-refractivity contribution in [1.29, 1.82) is 0 Å². The van der Waals surface area contributed by atoms with Gasteiger partial charge in [0.1, 0.15) is 4.83 Å². The normalized spacial score (nSPS) is 20.3. The standard InChI is InChI=1S/C38H45N5O4S/c1-22-13-23(2)15-26(14-22)34-33(24(3)18-39-35(44)27-20-41(21-27)19-25-7-6-8-30(16-25)43(46)47)31-17-32(48-36(31)40-34)38(4,5)37(45)42-28-9-10-29(42)12-11-28/h6-8,13-17,24,27-29,40H,9-12,18-21H2,1-5H3,(H,39,44)/t24-,28?,29?/m1/s1. The van der Waals surface area contributed by atoms with Crippen LogP contribution < -0.4 is 5.32 Å². The molecule has 3 fully saturated rings. The second-order valence-corrected chi connectivity index (χ2v) is 16.0. The molecular weight excluding hydrogens is 623 g/mol. The molecule has 0 aliphatic carbocycles. The van der Waals surface area contributed by atoms with Crippen LogP contribution >= 0.6 is 11.3 Å². The van der Waals surface area contributed by atoms with Gasteiger partial charge >= 0.3 is 0 Å². The molecule has 0 saturated carbocycles. The molecule has 7 rings (SSSR count). The molecule has 0 spiro atoms. The highest BCUT2D eigenvalue weighted by Gasteiger charge is 2.47. The summed E-state index contributed by atoms with van der Waals surface area (Å²) in [6, 6.07) is 16.3. The molecule has 2 bridgehead atoms. The first-order valence-electron chi connectivity index (χ1n) is 17.2. The zero-order chi connectivity index (χ0) is 33.9. The molecule has 3 saturated heterocycles. The van der Waals surface area contributed by atoms with Crippen LogP contribution in [-0.2, 0) is 21.5 Å². The van der Waals surface area contributed by atoms with E-state index in [2.05, 4.69) is 79.0 Å². The van der Waals surface area contributed by atoms with E-state index in [1.54, 1.807) is 23.5 Å². The summed E-state index contributed by atoms with van der Waals surface area (Å²) in [7, 11) is 0. The summed E-state index contributed by atoms with van der Waals surface area (Å²) in [4.78, 5) is 48.3. The average molecular weight is 668 g/mol. The number of rotatable bonds is 10. The van der Waals surface area contributed by atoms with Gasteiger partial charge in [-0.05, 0) is 88.3 Å². The van der Waals surface area contributed by atoms with Gasteiger partial charge < -0.3 is 15.2 Å². The Labute approximate surface area is 285 Å². The molecule has 48 heavy (non-hydrogen) atoms. The molecule has 2 aromatic carbocycles. The van der Waals surface area contributed by atoms with Crippen molar-refractivity contribution in [3.05, 3.63) is 85.8 Å². The number of likely N-dealkylation sites (tertiary alicyclic amines) is 1. The molecule has 10 heteroatoms. The number of aromatic nitrogens is 1. The predicted molar refractivity (Wildman–Crippen MR) is 190 cm³/mol. The second-order valence-electron chi connectivity index (χ2n) is 14.9. The third kappa shape index (κ3) is 5.94. The summed E-state index contributed by atoms with van der Waals surface area (Å²) in [5.74, 6) is 0.194. The monoisotopic (exact) mass is 667 g/mol. The first-order chi connectivity index (χ1) is 22.9. The van der Waals surface area contributed by atoms with Gasteiger partial charge in [-0.25, -0.2) is 0 Å². The van der Waals surface area contributed by atoms with Gasteiger partial charge in [-0.1, -0.05) is 36.2 Å². The first kappa shape index (κ1) is 32.5. The number of hydrogen-bond donors (Lipinski definition) is 2. The van der Waals surface area contributed by atoms with Crippen molar-refractivity contribution in [2.45, 2.75) is 90.3 Å². The minimum atomic E-state index is -0.620. The summed E-state index contributed by atoms with van der Waals surface area (Å²) in [5, 5.41) is 15.5. The Morgan fingerprint density at radius 3 is 2.35 bits per heavy atom.